The average molecular weight is 1120 g/mol. The summed E-state index contributed by atoms with van der Waals surface area (Å²) >= 11 is 0. The van der Waals surface area contributed by atoms with Gasteiger partial charge in [0, 0.05) is 19.3 Å². The van der Waals surface area contributed by atoms with Gasteiger partial charge in [-0.3, -0.25) is 14.4 Å². The van der Waals surface area contributed by atoms with E-state index in [2.05, 4.69) is 93.7 Å². The highest BCUT2D eigenvalue weighted by molar-refractivity contribution is 5.71. The number of ether oxygens (including phenoxy) is 3. The molecule has 464 valence electrons. The Morgan fingerprint density at radius 1 is 0.263 bits per heavy atom. The zero-order valence-corrected chi connectivity index (χ0v) is 53.3. The number of rotatable bonds is 64. The van der Waals surface area contributed by atoms with Crippen molar-refractivity contribution in [1.82, 2.24) is 0 Å². The predicted molar refractivity (Wildman–Crippen MR) is 348 cm³/mol. The first-order valence-corrected chi connectivity index (χ1v) is 34.9. The monoisotopic (exact) mass is 1120 g/mol. The number of unbranched alkanes of at least 4 members (excludes halogenated alkanes) is 41. The van der Waals surface area contributed by atoms with Crippen molar-refractivity contribution in [2.24, 2.45) is 0 Å². The van der Waals surface area contributed by atoms with Crippen molar-refractivity contribution in [3.8, 4) is 0 Å². The molecule has 0 bridgehead atoms. The van der Waals surface area contributed by atoms with E-state index < -0.39 is 6.10 Å². The molecular weight excluding hydrogens is 985 g/mol. The standard InChI is InChI=1S/C74H132O6/c1-4-7-10-13-16-19-22-25-28-31-34-36-37-39-40-43-46-49-52-55-58-61-64-67-73(76)79-70-71(69-78-72(75)66-63-60-57-54-51-48-45-42-33-30-27-24-21-18-15-12-9-6-3)80-74(77)68-65-62-59-56-53-50-47-44-41-38-35-32-29-26-23-20-17-14-11-8-5-2/h7,10,16,19,25,28,34,36,39-40,46,49,71H,4-6,8-9,11-15,17-18,20-24,26-27,29-33,35,37-38,41-45,47-48,50-70H2,1-3H3/b10-7-,19-16-,28-25-,36-34-,40-39-,49-46-. The molecular formula is C74H132O6. The quantitative estimate of drug-likeness (QED) is 0.0261. The summed E-state index contributed by atoms with van der Waals surface area (Å²) in [4.78, 5) is 38.5. The Balaban J connectivity index is 4.39. The van der Waals surface area contributed by atoms with Crippen molar-refractivity contribution in [2.75, 3.05) is 13.2 Å². The first-order chi connectivity index (χ1) is 39.5. The van der Waals surface area contributed by atoms with Gasteiger partial charge in [-0.2, -0.15) is 0 Å². The number of carbonyl (C=O) groups is 3. The van der Waals surface area contributed by atoms with Crippen molar-refractivity contribution >= 4 is 17.9 Å². The Morgan fingerprint density at radius 2 is 0.487 bits per heavy atom. The van der Waals surface area contributed by atoms with E-state index in [-0.39, 0.29) is 31.1 Å². The van der Waals surface area contributed by atoms with Crippen molar-refractivity contribution in [3.05, 3.63) is 72.9 Å². The van der Waals surface area contributed by atoms with Gasteiger partial charge in [0.25, 0.3) is 0 Å². The van der Waals surface area contributed by atoms with E-state index in [1.54, 1.807) is 0 Å². The number of hydrogen-bond acceptors (Lipinski definition) is 6. The molecule has 1 atom stereocenters. The highest BCUT2D eigenvalue weighted by Gasteiger charge is 2.19. The lowest BCUT2D eigenvalue weighted by molar-refractivity contribution is -0.167. The van der Waals surface area contributed by atoms with E-state index in [9.17, 15) is 14.4 Å². The topological polar surface area (TPSA) is 78.9 Å². The molecule has 6 heteroatoms. The summed E-state index contributed by atoms with van der Waals surface area (Å²) in [6.07, 6.45) is 89.2. The highest BCUT2D eigenvalue weighted by atomic mass is 16.6. The van der Waals surface area contributed by atoms with Gasteiger partial charge >= 0.3 is 17.9 Å². The zero-order chi connectivity index (χ0) is 57.8. The average Bonchev–Trinajstić information content (AvgIpc) is 3.46. The number of hydrogen-bond donors (Lipinski definition) is 0. The molecule has 0 fully saturated rings. The van der Waals surface area contributed by atoms with Gasteiger partial charge in [0.1, 0.15) is 13.2 Å². The largest absolute Gasteiger partial charge is 0.462 e. The molecule has 1 unspecified atom stereocenters. The van der Waals surface area contributed by atoms with E-state index in [4.69, 9.17) is 14.2 Å². The van der Waals surface area contributed by atoms with Crippen molar-refractivity contribution < 1.29 is 28.6 Å². The van der Waals surface area contributed by atoms with E-state index in [0.29, 0.717) is 19.3 Å². The molecule has 0 rings (SSSR count). The van der Waals surface area contributed by atoms with Crippen LogP contribution in [0.1, 0.15) is 361 Å². The van der Waals surface area contributed by atoms with Crippen LogP contribution in [0.4, 0.5) is 0 Å². The number of allylic oxidation sites excluding steroid dienone is 12. The van der Waals surface area contributed by atoms with Crippen LogP contribution in [0.2, 0.25) is 0 Å². The van der Waals surface area contributed by atoms with E-state index in [0.717, 1.165) is 109 Å². The van der Waals surface area contributed by atoms with Gasteiger partial charge in [-0.1, -0.05) is 344 Å². The van der Waals surface area contributed by atoms with Crippen molar-refractivity contribution in [3.63, 3.8) is 0 Å². The lowest BCUT2D eigenvalue weighted by Crippen LogP contribution is -2.30. The second-order valence-corrected chi connectivity index (χ2v) is 23.4. The molecule has 0 heterocycles. The Labute approximate surface area is 497 Å². The van der Waals surface area contributed by atoms with Crippen LogP contribution in [0.5, 0.6) is 0 Å². The summed E-state index contributed by atoms with van der Waals surface area (Å²) in [6, 6.07) is 0. The van der Waals surface area contributed by atoms with Crippen LogP contribution >= 0.6 is 0 Å². The molecule has 0 N–H and O–H groups in total. The van der Waals surface area contributed by atoms with Gasteiger partial charge in [-0.15, -0.1) is 0 Å². The van der Waals surface area contributed by atoms with Gasteiger partial charge in [0.15, 0.2) is 6.10 Å². The third kappa shape index (κ3) is 65.7. The molecule has 0 aromatic heterocycles. The van der Waals surface area contributed by atoms with Crippen LogP contribution < -0.4 is 0 Å². The fourth-order valence-electron chi connectivity index (χ4n) is 10.3. The summed E-state index contributed by atoms with van der Waals surface area (Å²) in [5.74, 6) is -0.880. The minimum atomic E-state index is -0.785. The van der Waals surface area contributed by atoms with Crippen LogP contribution in [0, 0.1) is 0 Å². The van der Waals surface area contributed by atoms with Gasteiger partial charge in [-0.05, 0) is 70.6 Å². The van der Waals surface area contributed by atoms with Crippen LogP contribution in [0.3, 0.4) is 0 Å². The van der Waals surface area contributed by atoms with E-state index in [1.165, 1.54) is 212 Å². The Bertz CT molecular complexity index is 1470. The molecule has 0 aliphatic carbocycles. The summed E-state index contributed by atoms with van der Waals surface area (Å²) < 4.78 is 17.0. The van der Waals surface area contributed by atoms with E-state index in [1.807, 2.05) is 0 Å². The molecule has 0 aromatic rings. The van der Waals surface area contributed by atoms with Crippen LogP contribution in [0.25, 0.3) is 0 Å². The summed E-state index contributed by atoms with van der Waals surface area (Å²) in [5, 5.41) is 0. The molecule has 0 amide bonds. The summed E-state index contributed by atoms with van der Waals surface area (Å²) in [7, 11) is 0. The molecule has 0 saturated heterocycles. The predicted octanol–water partition coefficient (Wildman–Crippen LogP) is 24.1. The third-order valence-corrected chi connectivity index (χ3v) is 15.5. The Hall–Kier alpha value is -3.15. The molecule has 0 spiro atoms. The molecule has 6 nitrogen and oxygen atoms in total. The Kier molecular flexibility index (Phi) is 65.7. The van der Waals surface area contributed by atoms with Gasteiger partial charge in [0.2, 0.25) is 0 Å². The minimum Gasteiger partial charge on any atom is -0.462 e. The lowest BCUT2D eigenvalue weighted by atomic mass is 10.0. The van der Waals surface area contributed by atoms with Crippen LogP contribution in [-0.4, -0.2) is 37.2 Å². The first-order valence-electron chi connectivity index (χ1n) is 34.9. The lowest BCUT2D eigenvalue weighted by Gasteiger charge is -2.18. The van der Waals surface area contributed by atoms with Gasteiger partial charge in [0.05, 0.1) is 0 Å². The number of carbonyl (C=O) groups excluding carboxylic acids is 3. The fourth-order valence-corrected chi connectivity index (χ4v) is 10.3. The first kappa shape index (κ1) is 76.9. The molecule has 0 saturated carbocycles. The fraction of sp³-hybridized carbons (Fsp3) is 0.797. The summed E-state index contributed by atoms with van der Waals surface area (Å²) in [6.45, 7) is 6.57. The Morgan fingerprint density at radius 3 is 0.762 bits per heavy atom. The third-order valence-electron chi connectivity index (χ3n) is 15.5. The van der Waals surface area contributed by atoms with Crippen LogP contribution in [-0.2, 0) is 28.6 Å². The van der Waals surface area contributed by atoms with Crippen molar-refractivity contribution in [1.29, 1.82) is 0 Å². The molecule has 0 aliphatic heterocycles. The second-order valence-electron chi connectivity index (χ2n) is 23.4. The van der Waals surface area contributed by atoms with E-state index >= 15 is 0 Å². The zero-order valence-electron chi connectivity index (χ0n) is 53.3. The second kappa shape index (κ2) is 68.3. The van der Waals surface area contributed by atoms with Gasteiger partial charge in [-0.25, -0.2) is 0 Å². The molecule has 0 aliphatic rings. The van der Waals surface area contributed by atoms with Crippen molar-refractivity contribution in [2.45, 2.75) is 367 Å². The minimum absolute atomic E-state index is 0.0786. The summed E-state index contributed by atoms with van der Waals surface area (Å²) in [5.41, 5.74) is 0. The smallest absolute Gasteiger partial charge is 0.306 e. The SMILES string of the molecule is CC/C=C\C/C=C\C/C=C\C/C=C\C/C=C\C/C=C\CCCCCCC(=O)OCC(COC(=O)CCCCCCCCCCCCCCCCCCCC)OC(=O)CCCCCCCCCCCCCCCCCCCCCCC. The maximum atomic E-state index is 13.0. The molecule has 80 heavy (non-hydrogen) atoms. The molecule has 0 radical (unpaired) electrons. The number of esters is 3. The maximum Gasteiger partial charge on any atom is 0.306 e. The van der Waals surface area contributed by atoms with Gasteiger partial charge < -0.3 is 14.2 Å². The highest BCUT2D eigenvalue weighted by Crippen LogP contribution is 2.18. The molecule has 0 aromatic carbocycles. The van der Waals surface area contributed by atoms with Crippen LogP contribution in [0.15, 0.2) is 72.9 Å². The normalized spacial score (nSPS) is 12.5. The maximum absolute atomic E-state index is 13.0.